The molecule has 30 heavy (non-hydrogen) atoms. The Labute approximate surface area is 174 Å². The fraction of sp³-hybridized carbons (Fsp3) is 0.227. The van der Waals surface area contributed by atoms with Crippen molar-refractivity contribution in [2.24, 2.45) is 0 Å². The fourth-order valence-corrected chi connectivity index (χ4v) is 4.05. The SMILES string of the molecule is COC(=O)C(C)(O)c1cc(-c2ccc(S(C)(=O)=O)cc2)n(-c2ccc(F)cc2)c1C. The van der Waals surface area contributed by atoms with Crippen molar-refractivity contribution in [2.75, 3.05) is 13.4 Å². The number of methoxy groups -OCH3 is 1. The van der Waals surface area contributed by atoms with Gasteiger partial charge in [0.15, 0.2) is 15.4 Å². The lowest BCUT2D eigenvalue weighted by molar-refractivity contribution is -0.161. The molecule has 0 amide bonds. The highest BCUT2D eigenvalue weighted by atomic mass is 32.2. The molecule has 3 aromatic rings. The Hall–Kier alpha value is -2.97. The number of rotatable bonds is 5. The van der Waals surface area contributed by atoms with E-state index in [0.717, 1.165) is 6.26 Å². The summed E-state index contributed by atoms with van der Waals surface area (Å²) >= 11 is 0. The molecule has 0 saturated heterocycles. The molecule has 0 fully saturated rings. The normalized spacial score (nSPS) is 13.7. The van der Waals surface area contributed by atoms with Crippen LogP contribution in [-0.2, 0) is 25.0 Å². The van der Waals surface area contributed by atoms with E-state index in [1.54, 1.807) is 41.8 Å². The summed E-state index contributed by atoms with van der Waals surface area (Å²) in [4.78, 5) is 12.4. The molecule has 158 valence electrons. The number of ether oxygens (including phenoxy) is 1. The van der Waals surface area contributed by atoms with Gasteiger partial charge in [-0.15, -0.1) is 0 Å². The second-order valence-electron chi connectivity index (χ2n) is 7.20. The second kappa shape index (κ2) is 7.70. The van der Waals surface area contributed by atoms with E-state index in [1.807, 2.05) is 0 Å². The number of nitrogens with zero attached hydrogens (tertiary/aromatic N) is 1. The zero-order valence-corrected chi connectivity index (χ0v) is 17.8. The number of sulfone groups is 1. The summed E-state index contributed by atoms with van der Waals surface area (Å²) in [7, 11) is -2.17. The van der Waals surface area contributed by atoms with Gasteiger partial charge in [0.2, 0.25) is 0 Å². The van der Waals surface area contributed by atoms with Crippen molar-refractivity contribution in [1.29, 1.82) is 0 Å². The van der Waals surface area contributed by atoms with Crippen LogP contribution in [0.3, 0.4) is 0 Å². The van der Waals surface area contributed by atoms with Crippen LogP contribution in [0.1, 0.15) is 18.2 Å². The van der Waals surface area contributed by atoms with Gasteiger partial charge in [-0.2, -0.15) is 0 Å². The molecule has 0 bridgehead atoms. The highest BCUT2D eigenvalue weighted by molar-refractivity contribution is 7.90. The van der Waals surface area contributed by atoms with E-state index >= 15 is 0 Å². The Kier molecular flexibility index (Phi) is 5.58. The van der Waals surface area contributed by atoms with Gasteiger partial charge < -0.3 is 14.4 Å². The average Bonchev–Trinajstić information content (AvgIpc) is 3.05. The van der Waals surface area contributed by atoms with Gasteiger partial charge in [0.25, 0.3) is 0 Å². The molecular formula is C22H22FNO5S. The third-order valence-electron chi connectivity index (χ3n) is 5.02. The molecule has 0 aliphatic carbocycles. The third-order valence-corrected chi connectivity index (χ3v) is 6.15. The third kappa shape index (κ3) is 3.88. The van der Waals surface area contributed by atoms with E-state index in [0.29, 0.717) is 28.2 Å². The summed E-state index contributed by atoms with van der Waals surface area (Å²) in [6.45, 7) is 3.07. The number of hydrogen-bond acceptors (Lipinski definition) is 5. The van der Waals surface area contributed by atoms with Crippen LogP contribution < -0.4 is 0 Å². The van der Waals surface area contributed by atoms with E-state index in [1.165, 1.54) is 38.3 Å². The first-order chi connectivity index (χ1) is 14.0. The Balaban J connectivity index is 2.27. The number of benzene rings is 2. The quantitative estimate of drug-likeness (QED) is 0.626. The summed E-state index contributed by atoms with van der Waals surface area (Å²) in [6.07, 6.45) is 1.12. The number of esters is 1. The number of halogens is 1. The van der Waals surface area contributed by atoms with Crippen LogP contribution in [0.4, 0.5) is 4.39 Å². The molecule has 1 heterocycles. The Morgan fingerprint density at radius 2 is 1.67 bits per heavy atom. The van der Waals surface area contributed by atoms with Crippen LogP contribution in [0.25, 0.3) is 16.9 Å². The van der Waals surface area contributed by atoms with Gasteiger partial charge >= 0.3 is 5.97 Å². The van der Waals surface area contributed by atoms with Gasteiger partial charge in [-0.05, 0) is 61.9 Å². The van der Waals surface area contributed by atoms with Crippen LogP contribution in [-0.4, -0.2) is 37.4 Å². The van der Waals surface area contributed by atoms with Crippen molar-refractivity contribution in [1.82, 2.24) is 4.57 Å². The number of aliphatic hydroxyl groups is 1. The zero-order valence-electron chi connectivity index (χ0n) is 17.0. The lowest BCUT2D eigenvalue weighted by Gasteiger charge is -2.20. The van der Waals surface area contributed by atoms with Crippen molar-refractivity contribution >= 4 is 15.8 Å². The van der Waals surface area contributed by atoms with Crippen molar-refractivity contribution in [3.8, 4) is 16.9 Å². The van der Waals surface area contributed by atoms with Crippen molar-refractivity contribution < 1.29 is 27.4 Å². The molecule has 6 nitrogen and oxygen atoms in total. The first-order valence-corrected chi connectivity index (χ1v) is 11.0. The molecule has 3 rings (SSSR count). The molecule has 1 aromatic heterocycles. The molecule has 0 aliphatic rings. The summed E-state index contributed by atoms with van der Waals surface area (Å²) in [6, 6.07) is 13.7. The lowest BCUT2D eigenvalue weighted by atomic mass is 9.96. The highest BCUT2D eigenvalue weighted by Gasteiger charge is 2.37. The van der Waals surface area contributed by atoms with E-state index < -0.39 is 27.2 Å². The minimum Gasteiger partial charge on any atom is -0.467 e. The summed E-state index contributed by atoms with van der Waals surface area (Å²) in [5, 5.41) is 10.8. The number of hydrogen-bond donors (Lipinski definition) is 1. The molecular weight excluding hydrogens is 409 g/mol. The maximum Gasteiger partial charge on any atom is 0.342 e. The molecule has 1 atom stereocenters. The monoisotopic (exact) mass is 431 g/mol. The highest BCUT2D eigenvalue weighted by Crippen LogP contribution is 2.35. The predicted molar refractivity (Wildman–Crippen MR) is 111 cm³/mol. The second-order valence-corrected chi connectivity index (χ2v) is 9.22. The summed E-state index contributed by atoms with van der Waals surface area (Å²) in [5.74, 6) is -1.22. The van der Waals surface area contributed by atoms with Crippen molar-refractivity contribution in [2.45, 2.75) is 24.3 Å². The summed E-state index contributed by atoms with van der Waals surface area (Å²) in [5.41, 5.74) is 0.828. The van der Waals surface area contributed by atoms with E-state index in [-0.39, 0.29) is 4.90 Å². The molecule has 0 radical (unpaired) electrons. The molecule has 0 spiro atoms. The van der Waals surface area contributed by atoms with Gasteiger partial charge in [0.1, 0.15) is 5.82 Å². The average molecular weight is 431 g/mol. The van der Waals surface area contributed by atoms with Crippen LogP contribution in [0.2, 0.25) is 0 Å². The molecule has 8 heteroatoms. The van der Waals surface area contributed by atoms with E-state index in [4.69, 9.17) is 4.74 Å². The summed E-state index contributed by atoms with van der Waals surface area (Å²) < 4.78 is 43.5. The zero-order chi connectivity index (χ0) is 22.3. The first-order valence-electron chi connectivity index (χ1n) is 9.07. The number of aromatic nitrogens is 1. The topological polar surface area (TPSA) is 85.6 Å². The molecule has 0 saturated carbocycles. The molecule has 1 N–H and O–H groups in total. The lowest BCUT2D eigenvalue weighted by Crippen LogP contribution is -2.33. The Bertz CT molecular complexity index is 1190. The van der Waals surface area contributed by atoms with Gasteiger partial charge in [0, 0.05) is 23.2 Å². The van der Waals surface area contributed by atoms with Crippen LogP contribution in [0.5, 0.6) is 0 Å². The molecule has 0 aliphatic heterocycles. The largest absolute Gasteiger partial charge is 0.467 e. The maximum atomic E-state index is 13.5. The van der Waals surface area contributed by atoms with E-state index in [2.05, 4.69) is 0 Å². The standard InChI is InChI=1S/C22H22FNO5S/c1-14-19(22(2,26)21(25)29-3)13-20(24(14)17-9-7-16(23)8-10-17)15-5-11-18(12-6-15)30(4,27)28/h5-13,26H,1-4H3. The molecule has 1 unspecified atom stereocenters. The Morgan fingerprint density at radius 1 is 1.10 bits per heavy atom. The maximum absolute atomic E-state index is 13.5. The minimum absolute atomic E-state index is 0.171. The van der Waals surface area contributed by atoms with Crippen LogP contribution in [0.15, 0.2) is 59.5 Å². The van der Waals surface area contributed by atoms with Gasteiger partial charge in [-0.3, -0.25) is 0 Å². The van der Waals surface area contributed by atoms with Crippen molar-refractivity contribution in [3.63, 3.8) is 0 Å². The number of carbonyl (C=O) groups excluding carboxylic acids is 1. The van der Waals surface area contributed by atoms with Gasteiger partial charge in [0.05, 0.1) is 17.7 Å². The van der Waals surface area contributed by atoms with Crippen LogP contribution in [0, 0.1) is 12.7 Å². The Morgan fingerprint density at radius 3 is 2.17 bits per heavy atom. The van der Waals surface area contributed by atoms with E-state index in [9.17, 15) is 22.7 Å². The smallest absolute Gasteiger partial charge is 0.342 e. The van der Waals surface area contributed by atoms with Crippen molar-refractivity contribution in [3.05, 3.63) is 71.7 Å². The number of carbonyl (C=O) groups is 1. The van der Waals surface area contributed by atoms with Gasteiger partial charge in [-0.1, -0.05) is 12.1 Å². The minimum atomic E-state index is -3.36. The van der Waals surface area contributed by atoms with Crippen LogP contribution >= 0.6 is 0 Å². The fourth-order valence-electron chi connectivity index (χ4n) is 3.42. The first kappa shape index (κ1) is 21.7. The molecule has 2 aromatic carbocycles. The van der Waals surface area contributed by atoms with Gasteiger partial charge in [-0.25, -0.2) is 17.6 Å². The predicted octanol–water partition coefficient (Wildman–Crippen LogP) is 3.38.